The Kier molecular flexibility index (Phi) is 3.90. The van der Waals surface area contributed by atoms with Crippen molar-refractivity contribution in [3.63, 3.8) is 0 Å². The number of fused-ring (bicyclic) bond motifs is 2. The molecule has 1 aliphatic carbocycles. The minimum absolute atomic E-state index is 0.0524. The summed E-state index contributed by atoms with van der Waals surface area (Å²) in [6, 6.07) is 11.8. The van der Waals surface area contributed by atoms with Crippen molar-refractivity contribution >= 4 is 11.9 Å². The quantitative estimate of drug-likeness (QED) is 0.881. The number of hydrogen-bond donors (Lipinski definition) is 1. The number of nitrogens with zero attached hydrogens (tertiary/aromatic N) is 4. The summed E-state index contributed by atoms with van der Waals surface area (Å²) in [5.41, 5.74) is 2.47. The highest BCUT2D eigenvalue weighted by molar-refractivity contribution is 5.74. The fourth-order valence-corrected chi connectivity index (χ4v) is 4.74. The molecular weight excluding hydrogens is 338 g/mol. The van der Waals surface area contributed by atoms with Crippen LogP contribution >= 0.6 is 0 Å². The molecule has 1 N–H and O–H groups in total. The average molecular weight is 363 g/mol. The Balaban J connectivity index is 1.22. The van der Waals surface area contributed by atoms with E-state index >= 15 is 0 Å². The van der Waals surface area contributed by atoms with E-state index in [2.05, 4.69) is 49.4 Å². The van der Waals surface area contributed by atoms with E-state index < -0.39 is 0 Å². The van der Waals surface area contributed by atoms with Gasteiger partial charge in [-0.15, -0.1) is 0 Å². The van der Waals surface area contributed by atoms with E-state index in [1.165, 1.54) is 17.5 Å². The van der Waals surface area contributed by atoms with Gasteiger partial charge in [-0.05, 0) is 36.5 Å². The molecule has 1 saturated carbocycles. The lowest BCUT2D eigenvalue weighted by molar-refractivity contribution is -0.120. The fraction of sp³-hybridized carbons (Fsp3) is 0.476. The molecule has 0 spiro atoms. The second kappa shape index (κ2) is 6.30. The van der Waals surface area contributed by atoms with Gasteiger partial charge in [0.2, 0.25) is 11.9 Å². The molecule has 2 saturated heterocycles. The van der Waals surface area contributed by atoms with Crippen molar-refractivity contribution in [1.29, 1.82) is 0 Å². The summed E-state index contributed by atoms with van der Waals surface area (Å²) in [7, 11) is 0. The molecule has 140 valence electrons. The van der Waals surface area contributed by atoms with Gasteiger partial charge in [0.1, 0.15) is 0 Å². The SMILES string of the molecule is CC(=O)NC1(c2ccc(CN3C[C@@H]4C[C@H]3CN4c3ncccn3)cc2)CC1. The predicted octanol–water partition coefficient (Wildman–Crippen LogP) is 2.06. The third-order valence-electron chi connectivity index (χ3n) is 6.22. The number of carbonyl (C=O) groups excluding carboxylic acids is 1. The standard InChI is InChI=1S/C21H25N5O/c1-15(27)24-21(7-8-21)17-5-3-16(4-6-17)12-25-13-19-11-18(25)14-26(19)20-22-9-2-10-23-20/h2-6,9-10,18-19H,7-8,11-14H2,1H3,(H,24,27)/t18-,19-/m0/s1. The number of carbonyl (C=O) groups is 1. The summed E-state index contributed by atoms with van der Waals surface area (Å²) in [6.45, 7) is 4.66. The lowest BCUT2D eigenvalue weighted by Gasteiger charge is -2.34. The minimum atomic E-state index is -0.104. The zero-order valence-electron chi connectivity index (χ0n) is 15.6. The third-order valence-corrected chi connectivity index (χ3v) is 6.22. The van der Waals surface area contributed by atoms with Crippen molar-refractivity contribution in [2.75, 3.05) is 18.0 Å². The summed E-state index contributed by atoms with van der Waals surface area (Å²) in [5, 5.41) is 3.11. The van der Waals surface area contributed by atoms with E-state index in [1.807, 2.05) is 18.5 Å². The average Bonchev–Trinajstić information content (AvgIpc) is 3.17. The van der Waals surface area contributed by atoms with Crippen molar-refractivity contribution in [1.82, 2.24) is 20.2 Å². The minimum Gasteiger partial charge on any atom is -0.347 e. The highest BCUT2D eigenvalue weighted by atomic mass is 16.1. The molecule has 27 heavy (non-hydrogen) atoms. The Labute approximate surface area is 159 Å². The van der Waals surface area contributed by atoms with Crippen LogP contribution in [0.1, 0.15) is 37.3 Å². The zero-order valence-corrected chi connectivity index (χ0v) is 15.6. The molecule has 5 rings (SSSR count). The first-order chi connectivity index (χ1) is 13.1. The van der Waals surface area contributed by atoms with Crippen molar-refractivity contribution in [3.05, 3.63) is 53.9 Å². The van der Waals surface area contributed by atoms with Gasteiger partial charge < -0.3 is 10.2 Å². The Hall–Kier alpha value is -2.47. The molecule has 1 aromatic carbocycles. The first-order valence-electron chi connectivity index (χ1n) is 9.79. The number of hydrogen-bond acceptors (Lipinski definition) is 5. The second-order valence-corrected chi connectivity index (χ2v) is 8.13. The van der Waals surface area contributed by atoms with Crippen molar-refractivity contribution < 1.29 is 4.79 Å². The fourth-order valence-electron chi connectivity index (χ4n) is 4.74. The molecule has 6 nitrogen and oxygen atoms in total. The van der Waals surface area contributed by atoms with E-state index in [9.17, 15) is 4.79 Å². The van der Waals surface area contributed by atoms with E-state index in [0.717, 1.165) is 38.4 Å². The number of piperazine rings is 1. The number of nitrogens with one attached hydrogen (secondary N) is 1. The molecule has 6 heteroatoms. The van der Waals surface area contributed by atoms with Crippen molar-refractivity contribution in [2.45, 2.75) is 50.4 Å². The topological polar surface area (TPSA) is 61.4 Å². The Bertz CT molecular complexity index is 833. The van der Waals surface area contributed by atoms with Gasteiger partial charge in [-0.2, -0.15) is 0 Å². The van der Waals surface area contributed by atoms with Gasteiger partial charge in [-0.3, -0.25) is 9.69 Å². The highest BCUT2D eigenvalue weighted by Crippen LogP contribution is 2.45. The maximum atomic E-state index is 11.4. The van der Waals surface area contributed by atoms with E-state index in [0.29, 0.717) is 12.1 Å². The number of anilines is 1. The molecule has 0 unspecified atom stereocenters. The first-order valence-corrected chi connectivity index (χ1v) is 9.79. The Morgan fingerprint density at radius 1 is 1.15 bits per heavy atom. The Morgan fingerprint density at radius 2 is 1.89 bits per heavy atom. The highest BCUT2D eigenvalue weighted by Gasteiger charge is 2.45. The molecule has 2 aliphatic heterocycles. The molecule has 3 heterocycles. The van der Waals surface area contributed by atoms with Crippen LogP contribution in [0.3, 0.4) is 0 Å². The maximum Gasteiger partial charge on any atom is 0.225 e. The van der Waals surface area contributed by atoms with Gasteiger partial charge in [0.25, 0.3) is 0 Å². The monoisotopic (exact) mass is 363 g/mol. The number of likely N-dealkylation sites (tertiary alicyclic amines) is 1. The van der Waals surface area contributed by atoms with Crippen LogP contribution in [0.25, 0.3) is 0 Å². The van der Waals surface area contributed by atoms with Gasteiger partial charge in [0.15, 0.2) is 0 Å². The van der Waals surface area contributed by atoms with Gasteiger partial charge in [0.05, 0.1) is 5.54 Å². The van der Waals surface area contributed by atoms with E-state index in [-0.39, 0.29) is 11.4 Å². The third kappa shape index (κ3) is 3.08. The normalized spacial score (nSPS) is 25.6. The van der Waals surface area contributed by atoms with Crippen molar-refractivity contribution in [2.24, 2.45) is 0 Å². The number of amides is 1. The number of rotatable bonds is 5. The second-order valence-electron chi connectivity index (χ2n) is 8.13. The summed E-state index contributed by atoms with van der Waals surface area (Å²) in [5.74, 6) is 0.915. The van der Waals surface area contributed by atoms with Gasteiger partial charge >= 0.3 is 0 Å². The lowest BCUT2D eigenvalue weighted by atomic mass is 10.0. The first kappa shape index (κ1) is 16.7. The number of aromatic nitrogens is 2. The lowest BCUT2D eigenvalue weighted by Crippen LogP contribution is -2.46. The zero-order chi connectivity index (χ0) is 18.4. The van der Waals surface area contributed by atoms with Gasteiger partial charge in [0, 0.05) is 51.0 Å². The molecule has 2 aromatic rings. The predicted molar refractivity (Wildman–Crippen MR) is 103 cm³/mol. The van der Waals surface area contributed by atoms with E-state index in [1.54, 1.807) is 6.92 Å². The van der Waals surface area contributed by atoms with Crippen LogP contribution in [0.4, 0.5) is 5.95 Å². The summed E-state index contributed by atoms with van der Waals surface area (Å²) < 4.78 is 0. The van der Waals surface area contributed by atoms with Gasteiger partial charge in [-0.1, -0.05) is 24.3 Å². The molecule has 3 aliphatic rings. The summed E-state index contributed by atoms with van der Waals surface area (Å²) >= 11 is 0. The molecule has 2 bridgehead atoms. The molecule has 1 aromatic heterocycles. The van der Waals surface area contributed by atoms with Crippen LogP contribution < -0.4 is 10.2 Å². The van der Waals surface area contributed by atoms with Gasteiger partial charge in [-0.25, -0.2) is 9.97 Å². The molecule has 0 radical (unpaired) electrons. The van der Waals surface area contributed by atoms with Crippen LogP contribution in [0.15, 0.2) is 42.7 Å². The molecule has 1 amide bonds. The van der Waals surface area contributed by atoms with Crippen LogP contribution in [0.2, 0.25) is 0 Å². The van der Waals surface area contributed by atoms with Crippen LogP contribution in [0.5, 0.6) is 0 Å². The van der Waals surface area contributed by atoms with E-state index in [4.69, 9.17) is 0 Å². The van der Waals surface area contributed by atoms with Crippen LogP contribution in [-0.2, 0) is 16.9 Å². The Morgan fingerprint density at radius 3 is 2.48 bits per heavy atom. The van der Waals surface area contributed by atoms with Crippen molar-refractivity contribution in [3.8, 4) is 0 Å². The number of benzene rings is 1. The largest absolute Gasteiger partial charge is 0.347 e. The maximum absolute atomic E-state index is 11.4. The summed E-state index contributed by atoms with van der Waals surface area (Å²) in [6.07, 6.45) is 6.92. The molecule has 2 atom stereocenters. The molecular formula is C21H25N5O. The molecule has 3 fully saturated rings. The van der Waals surface area contributed by atoms with Crippen LogP contribution in [-0.4, -0.2) is 45.9 Å². The summed E-state index contributed by atoms with van der Waals surface area (Å²) in [4.78, 5) is 25.2. The smallest absolute Gasteiger partial charge is 0.225 e. The van der Waals surface area contributed by atoms with Crippen LogP contribution in [0, 0.1) is 0 Å².